The van der Waals surface area contributed by atoms with Crippen molar-refractivity contribution < 1.29 is 0 Å². The van der Waals surface area contributed by atoms with E-state index < -0.39 is 0 Å². The molecule has 0 saturated heterocycles. The van der Waals surface area contributed by atoms with Gasteiger partial charge in [-0.1, -0.05) is 95.4 Å². The van der Waals surface area contributed by atoms with Crippen LogP contribution >= 0.6 is 11.6 Å². The second kappa shape index (κ2) is 19.8. The van der Waals surface area contributed by atoms with Crippen molar-refractivity contribution in [3.8, 4) is 0 Å². The van der Waals surface area contributed by atoms with E-state index in [1.807, 2.05) is 0 Å². The molecule has 0 radical (unpaired) electrons. The van der Waals surface area contributed by atoms with Crippen molar-refractivity contribution >= 4 is 11.6 Å². The summed E-state index contributed by atoms with van der Waals surface area (Å²) in [4.78, 5) is 0. The van der Waals surface area contributed by atoms with Crippen LogP contribution in [-0.2, 0) is 0 Å². The minimum Gasteiger partial charge on any atom is -0.127 e. The normalized spacial score (nSPS) is 11.9. The SMILES string of the molecule is CCCC/C=C/C=C\CCCCCCCCCCCCCl. The molecule has 0 aromatic heterocycles. The zero-order valence-electron chi connectivity index (χ0n) is 14.3. The van der Waals surface area contributed by atoms with Crippen molar-refractivity contribution in [2.75, 3.05) is 5.88 Å². The molecule has 0 aromatic carbocycles. The molecule has 21 heavy (non-hydrogen) atoms. The summed E-state index contributed by atoms with van der Waals surface area (Å²) in [7, 11) is 0. The van der Waals surface area contributed by atoms with Crippen LogP contribution in [0.3, 0.4) is 0 Å². The van der Waals surface area contributed by atoms with Gasteiger partial charge in [0.25, 0.3) is 0 Å². The highest BCUT2D eigenvalue weighted by molar-refractivity contribution is 6.17. The molecule has 0 bridgehead atoms. The number of unbranched alkanes of at least 4 members (excludes halogenated alkanes) is 12. The molecule has 0 aliphatic carbocycles. The molecule has 0 heterocycles. The number of halogens is 1. The minimum absolute atomic E-state index is 0.836. The highest BCUT2D eigenvalue weighted by Gasteiger charge is 1.92. The van der Waals surface area contributed by atoms with Gasteiger partial charge in [-0.25, -0.2) is 0 Å². The fourth-order valence-corrected chi connectivity index (χ4v) is 2.63. The van der Waals surface area contributed by atoms with Crippen LogP contribution in [0.5, 0.6) is 0 Å². The first-order valence-corrected chi connectivity index (χ1v) is 9.83. The van der Waals surface area contributed by atoms with E-state index >= 15 is 0 Å². The van der Waals surface area contributed by atoms with Crippen LogP contribution in [0.2, 0.25) is 0 Å². The van der Waals surface area contributed by atoms with Gasteiger partial charge >= 0.3 is 0 Å². The van der Waals surface area contributed by atoms with Crippen LogP contribution in [0, 0.1) is 0 Å². The number of allylic oxidation sites excluding steroid dienone is 4. The summed E-state index contributed by atoms with van der Waals surface area (Å²) in [6, 6.07) is 0. The number of hydrogen-bond donors (Lipinski definition) is 0. The van der Waals surface area contributed by atoms with Crippen LogP contribution in [0.1, 0.15) is 96.8 Å². The third kappa shape index (κ3) is 19.8. The molecule has 0 atom stereocenters. The first-order valence-electron chi connectivity index (χ1n) is 9.29. The second-order valence-corrected chi connectivity index (χ2v) is 6.39. The summed E-state index contributed by atoms with van der Waals surface area (Å²) in [5.74, 6) is 0.836. The summed E-state index contributed by atoms with van der Waals surface area (Å²) in [5, 5.41) is 0. The summed E-state index contributed by atoms with van der Waals surface area (Å²) in [6.45, 7) is 2.24. The summed E-state index contributed by atoms with van der Waals surface area (Å²) in [6.07, 6.45) is 27.9. The number of rotatable bonds is 16. The zero-order valence-corrected chi connectivity index (χ0v) is 15.0. The van der Waals surface area contributed by atoms with Gasteiger partial charge < -0.3 is 0 Å². The minimum atomic E-state index is 0.836. The van der Waals surface area contributed by atoms with Gasteiger partial charge in [0.05, 0.1) is 0 Å². The van der Waals surface area contributed by atoms with Crippen LogP contribution in [0.25, 0.3) is 0 Å². The molecule has 0 N–H and O–H groups in total. The van der Waals surface area contributed by atoms with E-state index in [-0.39, 0.29) is 0 Å². The number of hydrogen-bond acceptors (Lipinski definition) is 0. The molecule has 0 unspecified atom stereocenters. The molecular formula is C20H37Cl. The van der Waals surface area contributed by atoms with Gasteiger partial charge in [0.1, 0.15) is 0 Å². The van der Waals surface area contributed by atoms with Gasteiger partial charge in [-0.15, -0.1) is 11.6 Å². The van der Waals surface area contributed by atoms with E-state index in [0.717, 1.165) is 5.88 Å². The third-order valence-electron chi connectivity index (χ3n) is 3.86. The lowest BCUT2D eigenvalue weighted by atomic mass is 10.1. The first-order chi connectivity index (χ1) is 10.4. The predicted molar refractivity (Wildman–Crippen MR) is 99.3 cm³/mol. The van der Waals surface area contributed by atoms with Crippen molar-refractivity contribution in [1.82, 2.24) is 0 Å². The Morgan fingerprint density at radius 1 is 0.571 bits per heavy atom. The lowest BCUT2D eigenvalue weighted by molar-refractivity contribution is 0.558. The average molecular weight is 313 g/mol. The molecule has 0 saturated carbocycles. The Bertz CT molecular complexity index is 230. The summed E-state index contributed by atoms with van der Waals surface area (Å²) >= 11 is 5.66. The monoisotopic (exact) mass is 312 g/mol. The molecule has 0 rings (SSSR count). The fourth-order valence-electron chi connectivity index (χ4n) is 2.44. The molecule has 0 amide bonds. The topological polar surface area (TPSA) is 0 Å². The Kier molecular flexibility index (Phi) is 19.6. The molecule has 0 nitrogen and oxygen atoms in total. The molecule has 124 valence electrons. The van der Waals surface area contributed by atoms with Gasteiger partial charge in [-0.3, -0.25) is 0 Å². The molecule has 0 aliphatic heterocycles. The van der Waals surface area contributed by atoms with Crippen LogP contribution in [0.15, 0.2) is 24.3 Å². The maximum atomic E-state index is 5.66. The molecule has 0 aromatic rings. The van der Waals surface area contributed by atoms with E-state index in [0.29, 0.717) is 0 Å². The quantitative estimate of drug-likeness (QED) is 0.155. The Balaban J connectivity index is 3.08. The Morgan fingerprint density at radius 3 is 1.48 bits per heavy atom. The van der Waals surface area contributed by atoms with Crippen LogP contribution in [0.4, 0.5) is 0 Å². The molecule has 0 fully saturated rings. The maximum Gasteiger partial charge on any atom is 0.0223 e. The van der Waals surface area contributed by atoms with Crippen LogP contribution in [-0.4, -0.2) is 5.88 Å². The van der Waals surface area contributed by atoms with E-state index in [9.17, 15) is 0 Å². The third-order valence-corrected chi connectivity index (χ3v) is 4.13. The van der Waals surface area contributed by atoms with Gasteiger partial charge in [-0.2, -0.15) is 0 Å². The largest absolute Gasteiger partial charge is 0.127 e. The van der Waals surface area contributed by atoms with Crippen LogP contribution < -0.4 is 0 Å². The van der Waals surface area contributed by atoms with Crippen molar-refractivity contribution in [1.29, 1.82) is 0 Å². The molecule has 1 heteroatoms. The lowest BCUT2D eigenvalue weighted by Crippen LogP contribution is -1.82. The molecular weight excluding hydrogens is 276 g/mol. The lowest BCUT2D eigenvalue weighted by Gasteiger charge is -2.01. The zero-order chi connectivity index (χ0) is 15.4. The maximum absolute atomic E-state index is 5.66. The molecule has 0 spiro atoms. The van der Waals surface area contributed by atoms with Gasteiger partial charge in [0.15, 0.2) is 0 Å². The fraction of sp³-hybridized carbons (Fsp3) is 0.800. The van der Waals surface area contributed by atoms with Crippen molar-refractivity contribution in [3.63, 3.8) is 0 Å². The summed E-state index contributed by atoms with van der Waals surface area (Å²) < 4.78 is 0. The Morgan fingerprint density at radius 2 is 1.00 bits per heavy atom. The van der Waals surface area contributed by atoms with Gasteiger partial charge in [0, 0.05) is 5.88 Å². The van der Waals surface area contributed by atoms with E-state index in [1.165, 1.54) is 89.9 Å². The van der Waals surface area contributed by atoms with E-state index in [4.69, 9.17) is 11.6 Å². The second-order valence-electron chi connectivity index (χ2n) is 6.01. The molecule has 0 aliphatic rings. The van der Waals surface area contributed by atoms with E-state index in [1.54, 1.807) is 0 Å². The van der Waals surface area contributed by atoms with Crippen molar-refractivity contribution in [2.24, 2.45) is 0 Å². The number of alkyl halides is 1. The first kappa shape index (κ1) is 20.8. The predicted octanol–water partition coefficient (Wildman–Crippen LogP) is 7.82. The van der Waals surface area contributed by atoms with E-state index in [2.05, 4.69) is 31.2 Å². The standard InChI is InChI=1S/C20H37Cl/c1-2-3-4-5-6-7-8-9-10-11-12-13-14-15-16-17-18-19-20-21/h5-8H,2-4,9-20H2,1H3/b6-5+,8-7-. The Hall–Kier alpha value is -0.230. The summed E-state index contributed by atoms with van der Waals surface area (Å²) in [5.41, 5.74) is 0. The van der Waals surface area contributed by atoms with Crippen molar-refractivity contribution in [2.45, 2.75) is 96.8 Å². The highest BCUT2D eigenvalue weighted by atomic mass is 35.5. The van der Waals surface area contributed by atoms with Crippen molar-refractivity contribution in [3.05, 3.63) is 24.3 Å². The van der Waals surface area contributed by atoms with Gasteiger partial charge in [0.2, 0.25) is 0 Å². The van der Waals surface area contributed by atoms with Gasteiger partial charge in [-0.05, 0) is 25.7 Å². The Labute approximate surface area is 139 Å². The smallest absolute Gasteiger partial charge is 0.0223 e. The average Bonchev–Trinajstić information content (AvgIpc) is 2.50. The highest BCUT2D eigenvalue weighted by Crippen LogP contribution is 2.11.